The van der Waals surface area contributed by atoms with Crippen molar-refractivity contribution in [2.45, 2.75) is 18.9 Å². The molecule has 1 aromatic carbocycles. The molecule has 0 fully saturated rings. The first kappa shape index (κ1) is 13.8. The molecule has 2 heterocycles. The fraction of sp³-hybridized carbons (Fsp3) is 0.375. The second kappa shape index (κ2) is 6.10. The van der Waals surface area contributed by atoms with E-state index in [1.165, 1.54) is 5.56 Å². The van der Waals surface area contributed by atoms with E-state index in [1.54, 1.807) is 6.20 Å². The predicted octanol–water partition coefficient (Wildman–Crippen LogP) is 1.30. The van der Waals surface area contributed by atoms with Crippen molar-refractivity contribution >= 4 is 5.91 Å². The Morgan fingerprint density at radius 2 is 2.19 bits per heavy atom. The third-order valence-electron chi connectivity index (χ3n) is 4.02. The summed E-state index contributed by atoms with van der Waals surface area (Å²) in [6.07, 6.45) is 2.67. The summed E-state index contributed by atoms with van der Waals surface area (Å²) in [4.78, 5) is 14.4. The standard InChI is InChI=1S/C16H20N4O/c1-20(8-7-12-5-3-2-4-6-12)16(21)14-11-17-9-13-10-18-19-15(13)14/h2-6,10,14,17H,7-9,11H2,1H3,(H,18,19)/t14-/m1/s1. The summed E-state index contributed by atoms with van der Waals surface area (Å²) in [5.41, 5.74) is 3.31. The number of nitrogens with one attached hydrogen (secondary N) is 2. The van der Waals surface area contributed by atoms with Gasteiger partial charge in [-0.3, -0.25) is 9.89 Å². The van der Waals surface area contributed by atoms with Gasteiger partial charge in [-0.05, 0) is 12.0 Å². The van der Waals surface area contributed by atoms with E-state index in [0.717, 1.165) is 30.8 Å². The number of benzene rings is 1. The molecular weight excluding hydrogens is 264 g/mol. The zero-order valence-corrected chi connectivity index (χ0v) is 12.2. The molecule has 110 valence electrons. The minimum atomic E-state index is -0.156. The molecule has 3 rings (SSSR count). The number of aromatic amines is 1. The van der Waals surface area contributed by atoms with Gasteiger partial charge in [-0.25, -0.2) is 0 Å². The molecule has 1 aliphatic rings. The van der Waals surface area contributed by atoms with Crippen molar-refractivity contribution in [3.05, 3.63) is 53.3 Å². The minimum Gasteiger partial charge on any atom is -0.345 e. The average Bonchev–Trinajstić information content (AvgIpc) is 3.01. The normalized spacial score (nSPS) is 17.3. The van der Waals surface area contributed by atoms with E-state index < -0.39 is 0 Å². The Bertz CT molecular complexity index is 608. The molecule has 1 aromatic heterocycles. The Morgan fingerprint density at radius 1 is 1.38 bits per heavy atom. The van der Waals surface area contributed by atoms with E-state index in [-0.39, 0.29) is 11.8 Å². The van der Waals surface area contributed by atoms with Gasteiger partial charge in [0.05, 0.1) is 17.8 Å². The van der Waals surface area contributed by atoms with Gasteiger partial charge < -0.3 is 10.2 Å². The molecule has 1 aliphatic heterocycles. The maximum Gasteiger partial charge on any atom is 0.232 e. The quantitative estimate of drug-likeness (QED) is 0.889. The van der Waals surface area contributed by atoms with E-state index in [1.807, 2.05) is 30.1 Å². The molecule has 0 aliphatic carbocycles. The number of hydrogen-bond donors (Lipinski definition) is 2. The SMILES string of the molecule is CN(CCc1ccccc1)C(=O)[C@@H]1CNCc2cn[nH]c21. The minimum absolute atomic E-state index is 0.142. The summed E-state index contributed by atoms with van der Waals surface area (Å²) >= 11 is 0. The van der Waals surface area contributed by atoms with Gasteiger partial charge in [-0.15, -0.1) is 0 Å². The lowest BCUT2D eigenvalue weighted by Crippen LogP contribution is -2.40. The van der Waals surface area contributed by atoms with E-state index in [4.69, 9.17) is 0 Å². The van der Waals surface area contributed by atoms with Gasteiger partial charge in [0.1, 0.15) is 0 Å². The Hall–Kier alpha value is -2.14. The molecule has 2 N–H and O–H groups in total. The van der Waals surface area contributed by atoms with E-state index in [2.05, 4.69) is 27.6 Å². The molecule has 0 spiro atoms. The zero-order chi connectivity index (χ0) is 14.7. The maximum atomic E-state index is 12.6. The van der Waals surface area contributed by atoms with Crippen LogP contribution in [0.4, 0.5) is 0 Å². The number of likely N-dealkylation sites (N-methyl/N-ethyl adjacent to an activating group) is 1. The number of hydrogen-bond acceptors (Lipinski definition) is 3. The molecule has 1 amide bonds. The molecular formula is C16H20N4O. The largest absolute Gasteiger partial charge is 0.345 e. The topological polar surface area (TPSA) is 61.0 Å². The van der Waals surface area contributed by atoms with Gasteiger partial charge in [0, 0.05) is 32.2 Å². The van der Waals surface area contributed by atoms with Crippen LogP contribution in [-0.2, 0) is 17.8 Å². The van der Waals surface area contributed by atoms with Crippen LogP contribution in [0, 0.1) is 0 Å². The van der Waals surface area contributed by atoms with Crippen molar-refractivity contribution in [3.8, 4) is 0 Å². The molecule has 0 bridgehead atoms. The molecule has 5 heteroatoms. The number of nitrogens with zero attached hydrogens (tertiary/aromatic N) is 2. The highest BCUT2D eigenvalue weighted by molar-refractivity contribution is 5.84. The van der Waals surface area contributed by atoms with Crippen LogP contribution in [0.5, 0.6) is 0 Å². The maximum absolute atomic E-state index is 12.6. The van der Waals surface area contributed by atoms with Gasteiger partial charge in [0.15, 0.2) is 0 Å². The van der Waals surface area contributed by atoms with E-state index in [0.29, 0.717) is 6.54 Å². The molecule has 21 heavy (non-hydrogen) atoms. The van der Waals surface area contributed by atoms with Gasteiger partial charge in [-0.1, -0.05) is 30.3 Å². The summed E-state index contributed by atoms with van der Waals surface area (Å²) in [7, 11) is 1.87. The van der Waals surface area contributed by atoms with Crippen LogP contribution in [0.1, 0.15) is 22.7 Å². The first-order valence-electron chi connectivity index (χ1n) is 7.27. The molecule has 0 radical (unpaired) electrons. The molecule has 0 saturated carbocycles. The molecule has 2 aromatic rings. The highest BCUT2D eigenvalue weighted by atomic mass is 16.2. The number of H-pyrrole nitrogens is 1. The first-order valence-corrected chi connectivity index (χ1v) is 7.27. The number of carbonyl (C=O) groups excluding carboxylic acids is 1. The highest BCUT2D eigenvalue weighted by Gasteiger charge is 2.29. The van der Waals surface area contributed by atoms with Crippen molar-refractivity contribution in [3.63, 3.8) is 0 Å². The zero-order valence-electron chi connectivity index (χ0n) is 12.2. The van der Waals surface area contributed by atoms with Crippen molar-refractivity contribution in [1.29, 1.82) is 0 Å². The van der Waals surface area contributed by atoms with E-state index >= 15 is 0 Å². The Kier molecular flexibility index (Phi) is 4.01. The van der Waals surface area contributed by atoms with Crippen LogP contribution in [0.2, 0.25) is 0 Å². The second-order valence-corrected chi connectivity index (χ2v) is 5.49. The number of rotatable bonds is 4. The average molecular weight is 284 g/mol. The Balaban J connectivity index is 1.63. The second-order valence-electron chi connectivity index (χ2n) is 5.49. The Labute approximate surface area is 124 Å². The van der Waals surface area contributed by atoms with Crippen LogP contribution in [0.25, 0.3) is 0 Å². The van der Waals surface area contributed by atoms with Crippen LogP contribution in [0.15, 0.2) is 36.5 Å². The van der Waals surface area contributed by atoms with Crippen LogP contribution in [-0.4, -0.2) is 41.1 Å². The van der Waals surface area contributed by atoms with Gasteiger partial charge in [0.2, 0.25) is 5.91 Å². The van der Waals surface area contributed by atoms with Crippen molar-refractivity contribution < 1.29 is 4.79 Å². The fourth-order valence-electron chi connectivity index (χ4n) is 2.75. The number of amides is 1. The van der Waals surface area contributed by atoms with Gasteiger partial charge in [-0.2, -0.15) is 5.10 Å². The predicted molar refractivity (Wildman–Crippen MR) is 80.8 cm³/mol. The molecule has 5 nitrogen and oxygen atoms in total. The number of fused-ring (bicyclic) bond motifs is 1. The third-order valence-corrected chi connectivity index (χ3v) is 4.02. The summed E-state index contributed by atoms with van der Waals surface area (Å²) in [5, 5.41) is 10.3. The molecule has 0 unspecified atom stereocenters. The molecule has 0 saturated heterocycles. The summed E-state index contributed by atoms with van der Waals surface area (Å²) in [6, 6.07) is 10.2. The smallest absolute Gasteiger partial charge is 0.232 e. The summed E-state index contributed by atoms with van der Waals surface area (Å²) < 4.78 is 0. The van der Waals surface area contributed by atoms with Gasteiger partial charge in [0.25, 0.3) is 0 Å². The number of aromatic nitrogens is 2. The van der Waals surface area contributed by atoms with Crippen molar-refractivity contribution in [2.24, 2.45) is 0 Å². The highest BCUT2D eigenvalue weighted by Crippen LogP contribution is 2.23. The van der Waals surface area contributed by atoms with E-state index in [9.17, 15) is 4.79 Å². The van der Waals surface area contributed by atoms with Crippen LogP contribution >= 0.6 is 0 Å². The lowest BCUT2D eigenvalue weighted by molar-refractivity contribution is -0.131. The first-order chi connectivity index (χ1) is 10.3. The lowest BCUT2D eigenvalue weighted by atomic mass is 9.96. The van der Waals surface area contributed by atoms with Crippen molar-refractivity contribution in [2.75, 3.05) is 20.1 Å². The van der Waals surface area contributed by atoms with Crippen LogP contribution in [0.3, 0.4) is 0 Å². The monoisotopic (exact) mass is 284 g/mol. The van der Waals surface area contributed by atoms with Crippen LogP contribution < -0.4 is 5.32 Å². The lowest BCUT2D eigenvalue weighted by Gasteiger charge is -2.27. The number of carbonyl (C=O) groups is 1. The fourth-order valence-corrected chi connectivity index (χ4v) is 2.75. The van der Waals surface area contributed by atoms with Crippen molar-refractivity contribution in [1.82, 2.24) is 20.4 Å². The summed E-state index contributed by atoms with van der Waals surface area (Å²) in [5.74, 6) is -0.0133. The summed E-state index contributed by atoms with van der Waals surface area (Å²) in [6.45, 7) is 2.18. The third kappa shape index (κ3) is 2.97. The van der Waals surface area contributed by atoms with Gasteiger partial charge >= 0.3 is 0 Å². The Morgan fingerprint density at radius 3 is 3.00 bits per heavy atom. The molecule has 1 atom stereocenters.